The first-order valence-electron chi connectivity index (χ1n) is 6.77. The Labute approximate surface area is 140 Å². The van der Waals surface area contributed by atoms with Crippen molar-refractivity contribution in [3.8, 4) is 0 Å². The molecule has 1 atom stereocenters. The molecule has 4 nitrogen and oxygen atoms in total. The average molecular weight is 359 g/mol. The minimum atomic E-state index is -3.58. The van der Waals surface area contributed by atoms with Crippen molar-refractivity contribution in [2.45, 2.75) is 17.9 Å². The smallest absolute Gasteiger partial charge is 0.240 e. The third-order valence-corrected chi connectivity index (χ3v) is 6.22. The topological polar surface area (TPSA) is 49.4 Å². The Hall–Kier alpha value is -0.920. The molecule has 0 saturated heterocycles. The molecule has 0 spiro atoms. The number of nitrogens with zero attached hydrogens (tertiary/aromatic N) is 1. The predicted molar refractivity (Wildman–Crippen MR) is 92.1 cm³/mol. The third-order valence-electron chi connectivity index (χ3n) is 3.42. The van der Waals surface area contributed by atoms with Gasteiger partial charge in [0.05, 0.1) is 10.9 Å². The van der Waals surface area contributed by atoms with Crippen LogP contribution < -0.4 is 4.72 Å². The number of halogens is 1. The number of sulfonamides is 1. The molecule has 22 heavy (non-hydrogen) atoms. The van der Waals surface area contributed by atoms with E-state index in [1.165, 1.54) is 6.07 Å². The first kappa shape index (κ1) is 17.4. The van der Waals surface area contributed by atoms with Gasteiger partial charge >= 0.3 is 0 Å². The predicted octanol–water partition coefficient (Wildman–Crippen LogP) is 3.29. The summed E-state index contributed by atoms with van der Waals surface area (Å²) in [5.74, 6) is 0. The summed E-state index contributed by atoms with van der Waals surface area (Å²) in [6.07, 6.45) is 0. The van der Waals surface area contributed by atoms with Crippen molar-refractivity contribution >= 4 is 33.0 Å². The lowest BCUT2D eigenvalue weighted by atomic mass is 10.2. The van der Waals surface area contributed by atoms with Gasteiger partial charge in [-0.2, -0.15) is 0 Å². The van der Waals surface area contributed by atoms with Gasteiger partial charge in [0.1, 0.15) is 0 Å². The summed E-state index contributed by atoms with van der Waals surface area (Å²) in [6, 6.07) is 8.72. The number of benzene rings is 1. The van der Waals surface area contributed by atoms with Gasteiger partial charge in [-0.25, -0.2) is 13.1 Å². The van der Waals surface area contributed by atoms with Crippen LogP contribution in [-0.2, 0) is 10.0 Å². The third kappa shape index (κ3) is 4.08. The number of rotatable bonds is 6. The Morgan fingerprint density at radius 1 is 1.32 bits per heavy atom. The van der Waals surface area contributed by atoms with E-state index in [-0.39, 0.29) is 10.9 Å². The second-order valence-corrected chi connectivity index (χ2v) is 8.41. The normalized spacial score (nSPS) is 13.5. The van der Waals surface area contributed by atoms with Crippen LogP contribution in [0.2, 0.25) is 5.02 Å². The van der Waals surface area contributed by atoms with E-state index in [4.69, 9.17) is 11.6 Å². The highest BCUT2D eigenvalue weighted by atomic mass is 35.5. The van der Waals surface area contributed by atoms with Gasteiger partial charge in [0.15, 0.2) is 0 Å². The Morgan fingerprint density at radius 2 is 2.05 bits per heavy atom. The molecule has 0 aliphatic carbocycles. The molecule has 1 heterocycles. The van der Waals surface area contributed by atoms with Crippen molar-refractivity contribution in [1.82, 2.24) is 9.62 Å². The Balaban J connectivity index is 2.16. The zero-order valence-electron chi connectivity index (χ0n) is 12.7. The molecule has 2 aromatic rings. The van der Waals surface area contributed by atoms with Gasteiger partial charge in [0.2, 0.25) is 10.0 Å². The fraction of sp³-hybridized carbons (Fsp3) is 0.333. The Kier molecular flexibility index (Phi) is 5.63. The largest absolute Gasteiger partial charge is 0.300 e. The van der Waals surface area contributed by atoms with Crippen molar-refractivity contribution in [2.24, 2.45) is 0 Å². The quantitative estimate of drug-likeness (QED) is 0.862. The van der Waals surface area contributed by atoms with Crippen LogP contribution in [0.5, 0.6) is 0 Å². The van der Waals surface area contributed by atoms with Crippen LogP contribution in [0.4, 0.5) is 0 Å². The first-order chi connectivity index (χ1) is 10.3. The summed E-state index contributed by atoms with van der Waals surface area (Å²) in [5, 5.41) is 2.44. The molecule has 1 N–H and O–H groups in total. The maximum atomic E-state index is 12.4. The molecule has 0 saturated carbocycles. The second kappa shape index (κ2) is 7.10. The number of thiophene rings is 1. The molecule has 0 bridgehead atoms. The molecule has 0 fully saturated rings. The molecule has 0 aliphatic rings. The highest BCUT2D eigenvalue weighted by Crippen LogP contribution is 2.24. The van der Waals surface area contributed by atoms with E-state index in [0.29, 0.717) is 11.6 Å². The molecule has 0 radical (unpaired) electrons. The van der Waals surface area contributed by atoms with E-state index in [2.05, 4.69) is 4.72 Å². The summed E-state index contributed by atoms with van der Waals surface area (Å²) in [7, 11) is 0.288. The molecule has 120 valence electrons. The average Bonchev–Trinajstić information content (AvgIpc) is 2.95. The molecule has 0 unspecified atom stereocenters. The minimum absolute atomic E-state index is 0.00399. The Morgan fingerprint density at radius 3 is 2.59 bits per heavy atom. The van der Waals surface area contributed by atoms with Gasteiger partial charge in [0, 0.05) is 16.4 Å². The van der Waals surface area contributed by atoms with Gasteiger partial charge in [-0.05, 0) is 50.2 Å². The van der Waals surface area contributed by atoms with E-state index in [1.54, 1.807) is 23.5 Å². The molecule has 1 aromatic heterocycles. The van der Waals surface area contributed by atoms with Crippen molar-refractivity contribution in [2.75, 3.05) is 20.6 Å². The summed E-state index contributed by atoms with van der Waals surface area (Å²) in [5.41, 5.74) is 0.852. The molecule has 0 aliphatic heterocycles. The molecule has 1 aromatic carbocycles. The zero-order valence-corrected chi connectivity index (χ0v) is 15.1. The fourth-order valence-electron chi connectivity index (χ4n) is 2.03. The summed E-state index contributed by atoms with van der Waals surface area (Å²) < 4.78 is 27.5. The van der Waals surface area contributed by atoms with Gasteiger partial charge < -0.3 is 4.90 Å². The van der Waals surface area contributed by atoms with Crippen LogP contribution in [-0.4, -0.2) is 34.0 Å². The fourth-order valence-corrected chi connectivity index (χ4v) is 4.26. The zero-order chi connectivity index (χ0) is 16.3. The molecular weight excluding hydrogens is 340 g/mol. The molecular formula is C15H19ClN2O2S2. The van der Waals surface area contributed by atoms with E-state index in [1.807, 2.05) is 43.4 Å². The molecule has 0 amide bonds. The summed E-state index contributed by atoms with van der Waals surface area (Å²) in [6.45, 7) is 2.15. The number of nitrogens with one attached hydrogen (secondary N) is 1. The van der Waals surface area contributed by atoms with Crippen LogP contribution in [0.3, 0.4) is 0 Å². The SMILES string of the molecule is Cc1ccc(S(=O)(=O)NC[C@@H](c2cccs2)N(C)C)cc1Cl. The number of likely N-dealkylation sites (N-methyl/N-ethyl adjacent to an activating group) is 1. The number of aryl methyl sites for hydroxylation is 1. The second-order valence-electron chi connectivity index (χ2n) is 5.26. The maximum Gasteiger partial charge on any atom is 0.240 e. The van der Waals surface area contributed by atoms with Crippen LogP contribution in [0.1, 0.15) is 16.5 Å². The van der Waals surface area contributed by atoms with E-state index in [0.717, 1.165) is 10.4 Å². The van der Waals surface area contributed by atoms with Crippen molar-refractivity contribution in [1.29, 1.82) is 0 Å². The van der Waals surface area contributed by atoms with Gasteiger partial charge in [0.25, 0.3) is 0 Å². The number of hydrogen-bond donors (Lipinski definition) is 1. The van der Waals surface area contributed by atoms with Crippen LogP contribution >= 0.6 is 22.9 Å². The molecule has 7 heteroatoms. The monoisotopic (exact) mass is 358 g/mol. The highest BCUT2D eigenvalue weighted by molar-refractivity contribution is 7.89. The standard InChI is InChI=1S/C15H19ClN2O2S2/c1-11-6-7-12(9-13(11)16)22(19,20)17-10-14(18(2)3)15-5-4-8-21-15/h4-9,14,17H,10H2,1-3H3/t14-/m0/s1. The minimum Gasteiger partial charge on any atom is -0.300 e. The first-order valence-corrected chi connectivity index (χ1v) is 9.51. The van der Waals surface area contributed by atoms with Crippen molar-refractivity contribution < 1.29 is 8.42 Å². The van der Waals surface area contributed by atoms with E-state index < -0.39 is 10.0 Å². The maximum absolute atomic E-state index is 12.4. The Bertz CT molecular complexity index is 728. The van der Waals surface area contributed by atoms with Crippen LogP contribution in [0.25, 0.3) is 0 Å². The van der Waals surface area contributed by atoms with Crippen molar-refractivity contribution in [3.63, 3.8) is 0 Å². The summed E-state index contributed by atoms with van der Waals surface area (Å²) >= 11 is 7.63. The van der Waals surface area contributed by atoms with Gasteiger partial charge in [-0.1, -0.05) is 23.7 Å². The van der Waals surface area contributed by atoms with E-state index in [9.17, 15) is 8.42 Å². The van der Waals surface area contributed by atoms with Crippen molar-refractivity contribution in [3.05, 3.63) is 51.2 Å². The lowest BCUT2D eigenvalue weighted by molar-refractivity contribution is 0.303. The van der Waals surface area contributed by atoms with Gasteiger partial charge in [-0.15, -0.1) is 11.3 Å². The lowest BCUT2D eigenvalue weighted by Crippen LogP contribution is -2.34. The number of hydrogen-bond acceptors (Lipinski definition) is 4. The molecule has 2 rings (SSSR count). The lowest BCUT2D eigenvalue weighted by Gasteiger charge is -2.23. The van der Waals surface area contributed by atoms with Gasteiger partial charge in [-0.3, -0.25) is 0 Å². The van der Waals surface area contributed by atoms with E-state index >= 15 is 0 Å². The van der Waals surface area contributed by atoms with Crippen LogP contribution in [0.15, 0.2) is 40.6 Å². The summed E-state index contributed by atoms with van der Waals surface area (Å²) in [4.78, 5) is 3.30. The van der Waals surface area contributed by atoms with Crippen LogP contribution in [0, 0.1) is 6.92 Å². The highest BCUT2D eigenvalue weighted by Gasteiger charge is 2.20.